The lowest BCUT2D eigenvalue weighted by Gasteiger charge is -2.09. The molecule has 19 heavy (non-hydrogen) atoms. The highest BCUT2D eigenvalue weighted by Gasteiger charge is 2.05. The van der Waals surface area contributed by atoms with Crippen molar-refractivity contribution in [3.05, 3.63) is 67.4 Å². The second-order valence-electron chi connectivity index (χ2n) is 4.13. The molecule has 0 atom stereocenters. The minimum absolute atomic E-state index is 0.233. The Labute approximate surface area is 118 Å². The lowest BCUT2D eigenvalue weighted by molar-refractivity contribution is 0.579. The molecule has 0 aliphatic carbocycles. The fourth-order valence-electron chi connectivity index (χ4n) is 1.84. The number of nitrogens with zero attached hydrogens (tertiary/aromatic N) is 2. The Morgan fingerprint density at radius 1 is 1.21 bits per heavy atom. The summed E-state index contributed by atoms with van der Waals surface area (Å²) in [5, 5.41) is 0. The van der Waals surface area contributed by atoms with Crippen molar-refractivity contribution in [3.63, 3.8) is 0 Å². The van der Waals surface area contributed by atoms with Gasteiger partial charge in [-0.2, -0.15) is 0 Å². The summed E-state index contributed by atoms with van der Waals surface area (Å²) in [4.78, 5) is 23.7. The Bertz CT molecular complexity index is 691. The summed E-state index contributed by atoms with van der Waals surface area (Å²) in [6, 6.07) is 9.07. The number of nitrogens with two attached hydrogens (primary N) is 1. The summed E-state index contributed by atoms with van der Waals surface area (Å²) >= 11 is 3.39. The Morgan fingerprint density at radius 3 is 2.68 bits per heavy atom. The molecule has 100 valence electrons. The summed E-state index contributed by atoms with van der Waals surface area (Å²) in [5.41, 5.74) is 5.73. The first-order valence-electron chi connectivity index (χ1n) is 5.86. The van der Waals surface area contributed by atoms with Crippen LogP contribution in [0.15, 0.2) is 50.6 Å². The summed E-state index contributed by atoms with van der Waals surface area (Å²) in [7, 11) is 0. The molecule has 2 aromatic rings. The normalized spacial score (nSPS) is 10.6. The molecule has 0 unspecified atom stereocenters. The van der Waals surface area contributed by atoms with Gasteiger partial charge in [-0.25, -0.2) is 4.79 Å². The molecule has 0 bridgehead atoms. The van der Waals surface area contributed by atoms with E-state index in [-0.39, 0.29) is 24.3 Å². The molecule has 0 saturated heterocycles. The number of benzene rings is 1. The number of hydrogen-bond acceptors (Lipinski definition) is 3. The molecule has 0 radical (unpaired) electrons. The van der Waals surface area contributed by atoms with Crippen LogP contribution in [0.2, 0.25) is 0 Å². The van der Waals surface area contributed by atoms with Crippen LogP contribution >= 0.6 is 15.9 Å². The second-order valence-corrected chi connectivity index (χ2v) is 5.05. The molecule has 1 heterocycles. The van der Waals surface area contributed by atoms with Crippen LogP contribution in [-0.4, -0.2) is 15.7 Å². The lowest BCUT2D eigenvalue weighted by atomic mass is 10.2. The van der Waals surface area contributed by atoms with Crippen molar-refractivity contribution in [2.75, 3.05) is 6.54 Å². The molecule has 5 nitrogen and oxygen atoms in total. The SMILES string of the molecule is NCCn1c(=O)ccn(Cc2cccc(Br)c2)c1=O. The average Bonchev–Trinajstić information content (AvgIpc) is 2.38. The van der Waals surface area contributed by atoms with Gasteiger partial charge in [0.1, 0.15) is 0 Å². The maximum Gasteiger partial charge on any atom is 0.331 e. The van der Waals surface area contributed by atoms with Crippen LogP contribution in [0.5, 0.6) is 0 Å². The quantitative estimate of drug-likeness (QED) is 0.903. The predicted octanol–water partition coefficient (Wildman–Crippen LogP) is 0.780. The molecule has 2 rings (SSSR count). The molecule has 0 fully saturated rings. The molecular formula is C13H14BrN3O2. The van der Waals surface area contributed by atoms with Gasteiger partial charge in [0.25, 0.3) is 5.56 Å². The van der Waals surface area contributed by atoms with Gasteiger partial charge in [0.15, 0.2) is 0 Å². The molecule has 0 aliphatic rings. The van der Waals surface area contributed by atoms with Crippen molar-refractivity contribution in [2.45, 2.75) is 13.1 Å². The molecule has 0 amide bonds. The van der Waals surface area contributed by atoms with E-state index < -0.39 is 0 Å². The number of rotatable bonds is 4. The van der Waals surface area contributed by atoms with E-state index >= 15 is 0 Å². The van der Waals surface area contributed by atoms with Crippen LogP contribution in [0, 0.1) is 0 Å². The zero-order valence-corrected chi connectivity index (χ0v) is 11.8. The third-order valence-corrected chi connectivity index (χ3v) is 3.23. The molecule has 6 heteroatoms. The highest BCUT2D eigenvalue weighted by molar-refractivity contribution is 9.10. The van der Waals surface area contributed by atoms with Gasteiger partial charge in [-0.3, -0.25) is 13.9 Å². The van der Waals surface area contributed by atoms with Gasteiger partial charge >= 0.3 is 5.69 Å². The van der Waals surface area contributed by atoms with Gasteiger partial charge in [-0.1, -0.05) is 28.1 Å². The van der Waals surface area contributed by atoms with Gasteiger partial charge in [0.05, 0.1) is 6.54 Å². The topological polar surface area (TPSA) is 70.0 Å². The minimum Gasteiger partial charge on any atom is -0.329 e. The molecule has 0 aliphatic heterocycles. The fourth-order valence-corrected chi connectivity index (χ4v) is 2.29. The summed E-state index contributed by atoms with van der Waals surface area (Å²) < 4.78 is 3.60. The van der Waals surface area contributed by atoms with E-state index in [4.69, 9.17) is 5.73 Å². The van der Waals surface area contributed by atoms with E-state index in [9.17, 15) is 9.59 Å². The zero-order valence-electron chi connectivity index (χ0n) is 10.3. The summed E-state index contributed by atoms with van der Waals surface area (Å²) in [6.45, 7) is 0.913. The first-order chi connectivity index (χ1) is 9.11. The highest BCUT2D eigenvalue weighted by Crippen LogP contribution is 2.11. The van der Waals surface area contributed by atoms with Crippen molar-refractivity contribution in [3.8, 4) is 0 Å². The number of halogens is 1. The third kappa shape index (κ3) is 3.21. The second kappa shape index (κ2) is 5.99. The van der Waals surface area contributed by atoms with Crippen molar-refractivity contribution >= 4 is 15.9 Å². The smallest absolute Gasteiger partial charge is 0.329 e. The first-order valence-corrected chi connectivity index (χ1v) is 6.66. The molecule has 2 N–H and O–H groups in total. The maximum atomic E-state index is 12.1. The van der Waals surface area contributed by atoms with Crippen molar-refractivity contribution < 1.29 is 0 Å². The minimum atomic E-state index is -0.335. The lowest BCUT2D eigenvalue weighted by Crippen LogP contribution is -2.40. The van der Waals surface area contributed by atoms with E-state index in [2.05, 4.69) is 15.9 Å². The van der Waals surface area contributed by atoms with Gasteiger partial charge in [-0.05, 0) is 17.7 Å². The van der Waals surface area contributed by atoms with E-state index in [1.807, 2.05) is 24.3 Å². The largest absolute Gasteiger partial charge is 0.331 e. The van der Waals surface area contributed by atoms with Gasteiger partial charge < -0.3 is 5.73 Å². The van der Waals surface area contributed by atoms with Gasteiger partial charge in [0.2, 0.25) is 0 Å². The van der Waals surface area contributed by atoms with Crippen LogP contribution in [0.3, 0.4) is 0 Å². The number of hydrogen-bond donors (Lipinski definition) is 1. The van der Waals surface area contributed by atoms with Crippen LogP contribution in [0.1, 0.15) is 5.56 Å². The van der Waals surface area contributed by atoms with Crippen LogP contribution in [-0.2, 0) is 13.1 Å². The van der Waals surface area contributed by atoms with E-state index in [0.29, 0.717) is 6.54 Å². The fraction of sp³-hybridized carbons (Fsp3) is 0.231. The number of aromatic nitrogens is 2. The molecular weight excluding hydrogens is 310 g/mol. The summed E-state index contributed by atoms with van der Waals surface area (Å²) in [5.74, 6) is 0. The Balaban J connectivity index is 2.39. The van der Waals surface area contributed by atoms with E-state index in [1.54, 1.807) is 0 Å². The van der Waals surface area contributed by atoms with Crippen molar-refractivity contribution in [1.82, 2.24) is 9.13 Å². The monoisotopic (exact) mass is 323 g/mol. The standard InChI is InChI=1S/C13H14BrN3O2/c14-11-3-1-2-10(8-11)9-16-6-4-12(18)17(7-5-15)13(16)19/h1-4,6,8H,5,7,9,15H2. The van der Waals surface area contributed by atoms with Gasteiger partial charge in [-0.15, -0.1) is 0 Å². The Morgan fingerprint density at radius 2 is 2.00 bits per heavy atom. The predicted molar refractivity (Wildman–Crippen MR) is 77.3 cm³/mol. The molecule has 1 aromatic heterocycles. The van der Waals surface area contributed by atoms with E-state index in [1.165, 1.54) is 16.8 Å². The van der Waals surface area contributed by atoms with Crippen LogP contribution in [0.4, 0.5) is 0 Å². The first kappa shape index (κ1) is 13.8. The molecule has 1 aromatic carbocycles. The summed E-state index contributed by atoms with van der Waals surface area (Å²) in [6.07, 6.45) is 1.51. The zero-order chi connectivity index (χ0) is 13.8. The van der Waals surface area contributed by atoms with Crippen molar-refractivity contribution in [2.24, 2.45) is 5.73 Å². The molecule has 0 saturated carbocycles. The van der Waals surface area contributed by atoms with Crippen LogP contribution < -0.4 is 17.0 Å². The van der Waals surface area contributed by atoms with Crippen molar-refractivity contribution in [1.29, 1.82) is 0 Å². The highest BCUT2D eigenvalue weighted by atomic mass is 79.9. The Kier molecular flexibility index (Phi) is 4.34. The third-order valence-electron chi connectivity index (χ3n) is 2.73. The van der Waals surface area contributed by atoms with Crippen LogP contribution in [0.25, 0.3) is 0 Å². The maximum absolute atomic E-state index is 12.1. The Hall–Kier alpha value is -1.66. The van der Waals surface area contributed by atoms with E-state index in [0.717, 1.165) is 14.6 Å². The molecule has 0 spiro atoms. The average molecular weight is 324 g/mol. The van der Waals surface area contributed by atoms with Gasteiger partial charge in [0, 0.05) is 29.8 Å².